The number of carbonyl (C=O) groups is 2. The second-order valence-corrected chi connectivity index (χ2v) is 10.8. The van der Waals surface area contributed by atoms with E-state index >= 15 is 0 Å². The summed E-state index contributed by atoms with van der Waals surface area (Å²) in [6.45, 7) is 8.66. The van der Waals surface area contributed by atoms with Crippen molar-refractivity contribution in [1.82, 2.24) is 4.90 Å². The van der Waals surface area contributed by atoms with Gasteiger partial charge in [0.2, 0.25) is 0 Å². The maximum Gasteiger partial charge on any atom is 0.295 e. The topological polar surface area (TPSA) is 94.5 Å². The number of carbonyl (C=O) groups excluding carboxylic acids is 2. The number of hydrogen-bond acceptors (Lipinski definition) is 7. The Morgan fingerprint density at radius 2 is 1.51 bits per heavy atom. The smallest absolute Gasteiger partial charge is 0.295 e. The molecule has 0 radical (unpaired) electrons. The first-order valence-corrected chi connectivity index (χ1v) is 13.4. The van der Waals surface area contributed by atoms with Crippen molar-refractivity contribution < 1.29 is 33.6 Å². The molecule has 0 saturated carbocycles. The summed E-state index contributed by atoms with van der Waals surface area (Å²) >= 11 is 0. The number of amides is 1. The van der Waals surface area contributed by atoms with Crippen LogP contribution in [-0.4, -0.2) is 49.6 Å². The van der Waals surface area contributed by atoms with Gasteiger partial charge in [0.1, 0.15) is 17.3 Å². The number of ether oxygens (including phenoxy) is 4. The first-order valence-electron chi connectivity index (χ1n) is 13.4. The minimum Gasteiger partial charge on any atom is -0.507 e. The molecule has 0 aliphatic carbocycles. The molecule has 1 saturated heterocycles. The van der Waals surface area contributed by atoms with Crippen LogP contribution >= 0.6 is 0 Å². The fraction of sp³-hybridized carbons (Fsp3) is 0.333. The second-order valence-electron chi connectivity index (χ2n) is 10.8. The predicted octanol–water partition coefficient (Wildman–Crippen LogP) is 6.03. The minimum atomic E-state index is -0.835. The summed E-state index contributed by atoms with van der Waals surface area (Å²) in [6, 6.07) is 16.9. The molecule has 8 heteroatoms. The third-order valence-electron chi connectivity index (χ3n) is 7.13. The summed E-state index contributed by atoms with van der Waals surface area (Å²) in [4.78, 5) is 28.6. The molecule has 3 aromatic rings. The van der Waals surface area contributed by atoms with Gasteiger partial charge in [0.15, 0.2) is 11.5 Å². The molecule has 1 aliphatic rings. The van der Waals surface area contributed by atoms with Crippen molar-refractivity contribution in [3.05, 3.63) is 88.5 Å². The molecule has 41 heavy (non-hydrogen) atoms. The maximum atomic E-state index is 13.6. The Labute approximate surface area is 241 Å². The highest BCUT2D eigenvalue weighted by molar-refractivity contribution is 6.46. The number of ketones is 1. The van der Waals surface area contributed by atoms with E-state index in [-0.39, 0.29) is 23.3 Å². The molecule has 0 bridgehead atoms. The lowest BCUT2D eigenvalue weighted by atomic mass is 9.84. The van der Waals surface area contributed by atoms with Crippen molar-refractivity contribution in [2.24, 2.45) is 0 Å². The number of nitrogens with zero attached hydrogens (tertiary/aromatic N) is 1. The van der Waals surface area contributed by atoms with Gasteiger partial charge in [0, 0.05) is 17.7 Å². The van der Waals surface area contributed by atoms with Gasteiger partial charge in [-0.3, -0.25) is 9.59 Å². The van der Waals surface area contributed by atoms with E-state index in [1.807, 2.05) is 39.8 Å². The van der Waals surface area contributed by atoms with E-state index in [0.717, 1.165) is 11.1 Å². The van der Waals surface area contributed by atoms with Crippen LogP contribution in [0.15, 0.2) is 66.2 Å². The Morgan fingerprint density at radius 3 is 2.10 bits per heavy atom. The van der Waals surface area contributed by atoms with Crippen molar-refractivity contribution in [3.63, 3.8) is 0 Å². The van der Waals surface area contributed by atoms with Gasteiger partial charge in [-0.15, -0.1) is 0 Å². The summed E-state index contributed by atoms with van der Waals surface area (Å²) < 4.78 is 21.9. The van der Waals surface area contributed by atoms with Gasteiger partial charge in [-0.2, -0.15) is 0 Å². The van der Waals surface area contributed by atoms with E-state index in [4.69, 9.17) is 18.9 Å². The van der Waals surface area contributed by atoms with Crippen LogP contribution in [0.25, 0.3) is 5.76 Å². The molecule has 8 nitrogen and oxygen atoms in total. The monoisotopic (exact) mass is 559 g/mol. The highest BCUT2D eigenvalue weighted by Crippen LogP contribution is 2.42. The number of aliphatic hydroxyl groups excluding tert-OH is 1. The van der Waals surface area contributed by atoms with Gasteiger partial charge in [-0.1, -0.05) is 39.0 Å². The first kappa shape index (κ1) is 29.5. The Morgan fingerprint density at radius 1 is 0.854 bits per heavy atom. The molecule has 0 aromatic heterocycles. The first-order chi connectivity index (χ1) is 19.5. The predicted molar refractivity (Wildman–Crippen MR) is 157 cm³/mol. The largest absolute Gasteiger partial charge is 0.507 e. The Kier molecular flexibility index (Phi) is 8.61. The van der Waals surface area contributed by atoms with Crippen LogP contribution in [0.3, 0.4) is 0 Å². The average Bonchev–Trinajstić information content (AvgIpc) is 3.21. The molecule has 3 aromatic carbocycles. The fourth-order valence-corrected chi connectivity index (χ4v) is 5.05. The van der Waals surface area contributed by atoms with Gasteiger partial charge in [0.25, 0.3) is 11.7 Å². The molecule has 0 spiro atoms. The van der Waals surface area contributed by atoms with E-state index in [2.05, 4.69) is 0 Å². The molecule has 1 amide bonds. The zero-order chi connectivity index (χ0) is 29.9. The van der Waals surface area contributed by atoms with Crippen molar-refractivity contribution in [1.29, 1.82) is 0 Å². The van der Waals surface area contributed by atoms with Gasteiger partial charge >= 0.3 is 0 Å². The van der Waals surface area contributed by atoms with E-state index in [9.17, 15) is 14.7 Å². The lowest BCUT2D eigenvalue weighted by molar-refractivity contribution is -0.140. The molecule has 1 N–H and O–H groups in total. The molecule has 216 valence electrons. The molecule has 1 unspecified atom stereocenters. The highest BCUT2D eigenvalue weighted by atomic mass is 16.5. The number of hydrogen-bond donors (Lipinski definition) is 1. The fourth-order valence-electron chi connectivity index (χ4n) is 5.05. The SMILES string of the molecule is CCOc1ccc(/C(O)=C2/C(=O)C(=O)N(Cc3ccc(OC)c(OC)c3)C2c2ccc(OC)cc2)cc1C(C)(C)C. The summed E-state index contributed by atoms with van der Waals surface area (Å²) in [5, 5.41) is 11.7. The minimum absolute atomic E-state index is 0.0182. The van der Waals surface area contributed by atoms with Gasteiger partial charge in [-0.05, 0) is 65.9 Å². The quantitative estimate of drug-likeness (QED) is 0.194. The second kappa shape index (κ2) is 12.0. The summed E-state index contributed by atoms with van der Waals surface area (Å²) in [5.41, 5.74) is 2.43. The molecule has 1 heterocycles. The van der Waals surface area contributed by atoms with Gasteiger partial charge in [-0.25, -0.2) is 0 Å². The third-order valence-corrected chi connectivity index (χ3v) is 7.13. The third kappa shape index (κ3) is 5.87. The van der Waals surface area contributed by atoms with Crippen LogP contribution < -0.4 is 18.9 Å². The van der Waals surface area contributed by atoms with Crippen molar-refractivity contribution >= 4 is 17.4 Å². The summed E-state index contributed by atoms with van der Waals surface area (Å²) in [7, 11) is 4.65. The number of rotatable bonds is 9. The highest BCUT2D eigenvalue weighted by Gasteiger charge is 2.46. The summed E-state index contributed by atoms with van der Waals surface area (Å²) in [5.74, 6) is 0.692. The number of likely N-dealkylation sites (tertiary alicyclic amines) is 1. The van der Waals surface area contributed by atoms with Crippen molar-refractivity contribution in [2.75, 3.05) is 27.9 Å². The Bertz CT molecular complexity index is 1470. The molecular formula is C33H37NO7. The zero-order valence-corrected chi connectivity index (χ0v) is 24.6. The lowest BCUT2D eigenvalue weighted by Gasteiger charge is -2.26. The van der Waals surface area contributed by atoms with Gasteiger partial charge in [0.05, 0.1) is 39.6 Å². The number of Topliss-reactive ketones (excluding diaryl/α,β-unsaturated/α-hetero) is 1. The number of aliphatic hydroxyl groups is 1. The van der Waals surface area contributed by atoms with Crippen molar-refractivity contribution in [2.45, 2.75) is 45.7 Å². The van der Waals surface area contributed by atoms with Crippen LogP contribution in [0.1, 0.15) is 56.0 Å². The lowest BCUT2D eigenvalue weighted by Crippen LogP contribution is -2.29. The Balaban J connectivity index is 1.87. The normalized spacial score (nSPS) is 16.6. The standard InChI is InChI=1S/C33H37NO7/c1-8-41-25-16-12-22(18-24(25)33(2,3)4)30(35)28-29(21-10-13-23(38-5)14-11-21)34(32(37)31(28)36)19-20-9-15-26(39-6)27(17-20)40-7/h9-18,29,35H,8,19H2,1-7H3/b30-28-. The van der Waals surface area contributed by atoms with Crippen LogP contribution in [0, 0.1) is 0 Å². The van der Waals surface area contributed by atoms with Crippen LogP contribution in [-0.2, 0) is 21.5 Å². The Hall–Kier alpha value is -4.46. The number of benzene rings is 3. The molecular weight excluding hydrogens is 522 g/mol. The van der Waals surface area contributed by atoms with Crippen LogP contribution in [0.4, 0.5) is 0 Å². The van der Waals surface area contributed by atoms with Crippen LogP contribution in [0.5, 0.6) is 23.0 Å². The van der Waals surface area contributed by atoms with E-state index in [0.29, 0.717) is 40.7 Å². The summed E-state index contributed by atoms with van der Waals surface area (Å²) in [6.07, 6.45) is 0. The molecule has 1 atom stereocenters. The van der Waals surface area contributed by atoms with E-state index in [1.165, 1.54) is 12.0 Å². The maximum absolute atomic E-state index is 13.6. The van der Waals surface area contributed by atoms with Crippen LogP contribution in [0.2, 0.25) is 0 Å². The number of methoxy groups -OCH3 is 3. The molecule has 1 fully saturated rings. The van der Waals surface area contributed by atoms with E-state index < -0.39 is 17.7 Å². The van der Waals surface area contributed by atoms with Gasteiger partial charge < -0.3 is 29.0 Å². The molecule has 4 rings (SSSR count). The average molecular weight is 560 g/mol. The zero-order valence-electron chi connectivity index (χ0n) is 24.6. The molecule has 1 aliphatic heterocycles. The van der Waals surface area contributed by atoms with E-state index in [1.54, 1.807) is 62.8 Å². The van der Waals surface area contributed by atoms with Crippen molar-refractivity contribution in [3.8, 4) is 23.0 Å².